The van der Waals surface area contributed by atoms with Gasteiger partial charge in [-0.25, -0.2) is 0 Å². The van der Waals surface area contributed by atoms with Gasteiger partial charge in [-0.1, -0.05) is 44.2 Å². The second kappa shape index (κ2) is 9.21. The fourth-order valence-corrected chi connectivity index (χ4v) is 4.01. The number of carbonyl (C=O) groups excluding carboxylic acids is 2. The van der Waals surface area contributed by atoms with Crippen molar-refractivity contribution in [3.63, 3.8) is 0 Å². The van der Waals surface area contributed by atoms with E-state index in [9.17, 15) is 9.59 Å². The largest absolute Gasteiger partial charge is 0.497 e. The summed E-state index contributed by atoms with van der Waals surface area (Å²) in [5.74, 6) is 1.24. The minimum Gasteiger partial charge on any atom is -0.497 e. The number of rotatable bonds is 8. The number of nitrogens with zero attached hydrogens (tertiary/aromatic N) is 3. The molecule has 0 unspecified atom stereocenters. The summed E-state index contributed by atoms with van der Waals surface area (Å²) in [6.45, 7) is 4.28. The van der Waals surface area contributed by atoms with Crippen LogP contribution in [0.2, 0.25) is 0 Å². The Bertz CT molecular complexity index is 1110. The van der Waals surface area contributed by atoms with Gasteiger partial charge in [-0.05, 0) is 41.7 Å². The summed E-state index contributed by atoms with van der Waals surface area (Å²) in [6.07, 6.45) is 1.43. The number of amides is 2. The first-order chi connectivity index (χ1) is 15.5. The van der Waals surface area contributed by atoms with E-state index >= 15 is 0 Å². The molecule has 0 aliphatic carbocycles. The van der Waals surface area contributed by atoms with Crippen molar-refractivity contribution in [1.29, 1.82) is 0 Å². The predicted octanol–water partition coefficient (Wildman–Crippen LogP) is 3.22. The lowest BCUT2D eigenvalue weighted by Gasteiger charge is -2.29. The highest BCUT2D eigenvalue weighted by Gasteiger charge is 2.38. The van der Waals surface area contributed by atoms with Gasteiger partial charge < -0.3 is 9.64 Å². The number of carbonyl (C=O) groups is 2. The molecule has 2 N–H and O–H groups in total. The van der Waals surface area contributed by atoms with Gasteiger partial charge in [0, 0.05) is 18.5 Å². The van der Waals surface area contributed by atoms with Crippen LogP contribution in [0.15, 0.2) is 48.5 Å². The van der Waals surface area contributed by atoms with Gasteiger partial charge in [0.2, 0.25) is 11.9 Å². The van der Waals surface area contributed by atoms with Crippen molar-refractivity contribution in [2.45, 2.75) is 39.3 Å². The summed E-state index contributed by atoms with van der Waals surface area (Å²) in [5, 5.41) is 9.79. The second-order valence-electron chi connectivity index (χ2n) is 8.22. The Labute approximate surface area is 187 Å². The Kier molecular flexibility index (Phi) is 6.20. The molecule has 1 atom stereocenters. The van der Waals surface area contributed by atoms with Crippen LogP contribution in [-0.2, 0) is 24.2 Å². The summed E-state index contributed by atoms with van der Waals surface area (Å²) in [4.78, 5) is 32.0. The lowest BCUT2D eigenvalue weighted by molar-refractivity contribution is -0.122. The number of fused-ring (bicyclic) bond motifs is 1. The maximum atomic E-state index is 13.1. The van der Waals surface area contributed by atoms with Crippen molar-refractivity contribution < 1.29 is 14.3 Å². The maximum Gasteiger partial charge on any atom is 0.255 e. The normalized spacial score (nSPS) is 13.9. The van der Waals surface area contributed by atoms with Crippen LogP contribution >= 0.6 is 0 Å². The predicted molar refractivity (Wildman–Crippen MR) is 120 cm³/mol. The van der Waals surface area contributed by atoms with E-state index in [1.54, 1.807) is 18.1 Å². The van der Waals surface area contributed by atoms with Gasteiger partial charge in [0.1, 0.15) is 17.6 Å². The number of hydrogen-bond acceptors (Lipinski definition) is 5. The topological polar surface area (TPSA) is 100 Å². The number of hydrogen-bond donors (Lipinski definition) is 2. The zero-order valence-electron chi connectivity index (χ0n) is 18.5. The van der Waals surface area contributed by atoms with E-state index in [2.05, 4.69) is 20.5 Å². The average molecular weight is 434 g/mol. The quantitative estimate of drug-likeness (QED) is 0.568. The molecule has 1 aliphatic heterocycles. The van der Waals surface area contributed by atoms with Gasteiger partial charge in [0.25, 0.3) is 5.91 Å². The average Bonchev–Trinajstić information content (AvgIpc) is 3.37. The summed E-state index contributed by atoms with van der Waals surface area (Å²) in [7, 11) is 1.64. The van der Waals surface area contributed by atoms with E-state index in [0.29, 0.717) is 24.4 Å². The summed E-state index contributed by atoms with van der Waals surface area (Å²) >= 11 is 0. The highest BCUT2D eigenvalue weighted by Crippen LogP contribution is 2.27. The van der Waals surface area contributed by atoms with Crippen LogP contribution in [-0.4, -0.2) is 45.0 Å². The van der Waals surface area contributed by atoms with Crippen LogP contribution in [0.4, 0.5) is 5.95 Å². The number of methoxy groups -OCH3 is 1. The number of aryl methyl sites for hydroxylation is 2. The first-order valence-corrected chi connectivity index (χ1v) is 10.7. The van der Waals surface area contributed by atoms with Crippen LogP contribution in [0.1, 0.15) is 41.2 Å². The SMILES string of the molecule is COc1ccc(CCc2nc(NC(=O)[C@@H](C(C)C)N3Cc4ccccc4C3=O)n[nH]2)cc1. The molecule has 0 bridgehead atoms. The third kappa shape index (κ3) is 4.49. The fraction of sp³-hybridized carbons (Fsp3) is 0.333. The Balaban J connectivity index is 1.39. The van der Waals surface area contributed by atoms with Crippen molar-refractivity contribution in [3.8, 4) is 5.75 Å². The molecule has 8 nitrogen and oxygen atoms in total. The van der Waals surface area contributed by atoms with E-state index in [1.165, 1.54) is 0 Å². The number of H-pyrrole nitrogens is 1. The van der Waals surface area contributed by atoms with Crippen molar-refractivity contribution >= 4 is 17.8 Å². The molecule has 8 heteroatoms. The molecule has 1 aromatic heterocycles. The third-order valence-electron chi connectivity index (χ3n) is 5.66. The van der Waals surface area contributed by atoms with Crippen molar-refractivity contribution in [2.75, 3.05) is 12.4 Å². The molecular weight excluding hydrogens is 406 g/mol. The second-order valence-corrected chi connectivity index (χ2v) is 8.22. The Morgan fingerprint density at radius 1 is 1.16 bits per heavy atom. The number of aromatic amines is 1. The molecule has 4 rings (SSSR count). The van der Waals surface area contributed by atoms with Crippen LogP contribution in [0, 0.1) is 5.92 Å². The molecule has 0 fully saturated rings. The zero-order chi connectivity index (χ0) is 22.7. The van der Waals surface area contributed by atoms with E-state index < -0.39 is 6.04 Å². The van der Waals surface area contributed by atoms with E-state index in [0.717, 1.165) is 23.3 Å². The number of aromatic nitrogens is 3. The van der Waals surface area contributed by atoms with E-state index in [4.69, 9.17) is 4.74 Å². The van der Waals surface area contributed by atoms with E-state index in [-0.39, 0.29) is 23.7 Å². The number of ether oxygens (including phenoxy) is 1. The standard InChI is InChI=1S/C24H27N5O3/c1-15(2)21(29-14-17-6-4-5-7-19(17)23(29)31)22(30)26-24-25-20(27-28-24)13-10-16-8-11-18(32-3)12-9-16/h4-9,11-12,15,21H,10,13-14H2,1-3H3,(H2,25,26,27,28,30)/t21-/m1/s1. The Hall–Kier alpha value is -3.68. The summed E-state index contributed by atoms with van der Waals surface area (Å²) < 4.78 is 5.18. The molecule has 0 saturated carbocycles. The van der Waals surface area contributed by atoms with Crippen molar-refractivity contribution in [3.05, 3.63) is 71.0 Å². The van der Waals surface area contributed by atoms with Crippen LogP contribution in [0.5, 0.6) is 5.75 Å². The number of anilines is 1. The fourth-order valence-electron chi connectivity index (χ4n) is 4.01. The molecule has 0 saturated heterocycles. The van der Waals surface area contributed by atoms with Gasteiger partial charge in [0.15, 0.2) is 0 Å². The van der Waals surface area contributed by atoms with Crippen molar-refractivity contribution in [1.82, 2.24) is 20.1 Å². The third-order valence-corrected chi connectivity index (χ3v) is 5.66. The monoisotopic (exact) mass is 433 g/mol. The summed E-state index contributed by atoms with van der Waals surface area (Å²) in [6, 6.07) is 14.7. The first kappa shape index (κ1) is 21.5. The van der Waals surface area contributed by atoms with Crippen LogP contribution in [0.25, 0.3) is 0 Å². The van der Waals surface area contributed by atoms with Gasteiger partial charge in [-0.3, -0.25) is 20.0 Å². The summed E-state index contributed by atoms with van der Waals surface area (Å²) in [5.41, 5.74) is 2.75. The first-order valence-electron chi connectivity index (χ1n) is 10.7. The number of benzene rings is 2. The molecule has 3 aromatic rings. The zero-order valence-corrected chi connectivity index (χ0v) is 18.5. The highest BCUT2D eigenvalue weighted by molar-refractivity contribution is 6.03. The van der Waals surface area contributed by atoms with Gasteiger partial charge in [0.05, 0.1) is 7.11 Å². The maximum absolute atomic E-state index is 13.1. The number of nitrogens with one attached hydrogen (secondary N) is 2. The van der Waals surface area contributed by atoms with Crippen molar-refractivity contribution in [2.24, 2.45) is 5.92 Å². The molecule has 0 radical (unpaired) electrons. The molecule has 1 aliphatic rings. The van der Waals surface area contributed by atoms with E-state index in [1.807, 2.05) is 56.3 Å². The lowest BCUT2D eigenvalue weighted by Crippen LogP contribution is -2.47. The van der Waals surface area contributed by atoms with Gasteiger partial charge in [-0.2, -0.15) is 4.98 Å². The van der Waals surface area contributed by atoms with Crippen LogP contribution < -0.4 is 10.1 Å². The smallest absolute Gasteiger partial charge is 0.255 e. The lowest BCUT2D eigenvalue weighted by atomic mass is 10.0. The minimum atomic E-state index is -0.615. The molecular formula is C24H27N5O3. The molecule has 32 heavy (non-hydrogen) atoms. The van der Waals surface area contributed by atoms with Gasteiger partial charge in [-0.15, -0.1) is 5.10 Å². The Morgan fingerprint density at radius 3 is 2.59 bits per heavy atom. The molecule has 2 amide bonds. The Morgan fingerprint density at radius 2 is 1.91 bits per heavy atom. The molecule has 2 heterocycles. The van der Waals surface area contributed by atoms with Crippen LogP contribution in [0.3, 0.4) is 0 Å². The van der Waals surface area contributed by atoms with Gasteiger partial charge >= 0.3 is 0 Å². The highest BCUT2D eigenvalue weighted by atomic mass is 16.5. The molecule has 166 valence electrons. The minimum absolute atomic E-state index is 0.0678. The molecule has 2 aromatic carbocycles. The molecule has 0 spiro atoms.